The number of carbonyl (C=O) groups excluding carboxylic acids is 1. The van der Waals surface area contributed by atoms with Gasteiger partial charge >= 0.3 is 5.97 Å². The van der Waals surface area contributed by atoms with Crippen molar-refractivity contribution in [2.75, 3.05) is 13.7 Å². The molecule has 0 N–H and O–H groups in total. The summed E-state index contributed by atoms with van der Waals surface area (Å²) in [5.41, 5.74) is 2.31. The zero-order valence-corrected chi connectivity index (χ0v) is 20.6. The van der Waals surface area contributed by atoms with Crippen LogP contribution in [0.25, 0.3) is 0 Å². The fourth-order valence-electron chi connectivity index (χ4n) is 3.73. The lowest BCUT2D eigenvalue weighted by Crippen LogP contribution is -1.99. The Bertz CT molecular complexity index is 797. The first-order valence-electron chi connectivity index (χ1n) is 12.7. The smallest absolute Gasteiger partial charge is 0.337 e. The summed E-state index contributed by atoms with van der Waals surface area (Å²) < 4.78 is 10.6. The molecule has 0 fully saturated rings. The summed E-state index contributed by atoms with van der Waals surface area (Å²) >= 11 is 0. The van der Waals surface area contributed by atoms with Crippen molar-refractivity contribution in [3.63, 3.8) is 0 Å². The van der Waals surface area contributed by atoms with E-state index in [2.05, 4.69) is 11.9 Å². The molecule has 2 aromatic rings. The molecule has 0 spiro atoms. The van der Waals surface area contributed by atoms with Gasteiger partial charge in [-0.2, -0.15) is 0 Å². The maximum Gasteiger partial charge on any atom is 0.337 e. The molecule has 0 saturated carbocycles. The maximum absolute atomic E-state index is 11.5. The summed E-state index contributed by atoms with van der Waals surface area (Å²) in [4.78, 5) is 15.9. The van der Waals surface area contributed by atoms with Crippen LogP contribution in [0.15, 0.2) is 53.5 Å². The van der Waals surface area contributed by atoms with Gasteiger partial charge < -0.3 is 9.47 Å². The van der Waals surface area contributed by atoms with E-state index in [1.807, 2.05) is 30.5 Å². The van der Waals surface area contributed by atoms with Crippen LogP contribution in [-0.2, 0) is 4.74 Å². The SMILES string of the molecule is CCCCCCCCCCCCCCOc1ccc(C=Nc2ccc(C(=O)OC)cc2)cc1. The lowest BCUT2D eigenvalue weighted by Gasteiger charge is -2.06. The van der Waals surface area contributed by atoms with Crippen LogP contribution in [0.5, 0.6) is 5.75 Å². The van der Waals surface area contributed by atoms with Gasteiger partial charge in [-0.05, 0) is 60.5 Å². The van der Waals surface area contributed by atoms with Crippen molar-refractivity contribution in [3.05, 3.63) is 59.7 Å². The van der Waals surface area contributed by atoms with E-state index in [1.165, 1.54) is 77.7 Å². The van der Waals surface area contributed by atoms with Gasteiger partial charge in [0.2, 0.25) is 0 Å². The van der Waals surface area contributed by atoms with Crippen molar-refractivity contribution < 1.29 is 14.3 Å². The first-order valence-corrected chi connectivity index (χ1v) is 12.7. The molecule has 0 aromatic heterocycles. The van der Waals surface area contributed by atoms with Crippen LogP contribution in [0.3, 0.4) is 0 Å². The molecule has 4 heteroatoms. The number of methoxy groups -OCH3 is 1. The van der Waals surface area contributed by atoms with Crippen LogP contribution < -0.4 is 4.74 Å². The Balaban J connectivity index is 1.54. The quantitative estimate of drug-likeness (QED) is 0.138. The lowest BCUT2D eigenvalue weighted by molar-refractivity contribution is 0.0601. The molecule has 0 aliphatic carbocycles. The summed E-state index contributed by atoms with van der Waals surface area (Å²) in [7, 11) is 1.38. The first-order chi connectivity index (χ1) is 16.2. The summed E-state index contributed by atoms with van der Waals surface area (Å²) in [5.74, 6) is 0.558. The predicted octanol–water partition coefficient (Wildman–Crippen LogP) is 8.30. The Morgan fingerprint density at radius 1 is 0.758 bits per heavy atom. The van der Waals surface area contributed by atoms with E-state index in [9.17, 15) is 4.79 Å². The molecule has 0 amide bonds. The van der Waals surface area contributed by atoms with Crippen molar-refractivity contribution in [1.82, 2.24) is 0 Å². The lowest BCUT2D eigenvalue weighted by atomic mass is 10.1. The van der Waals surface area contributed by atoms with Gasteiger partial charge in [0.15, 0.2) is 0 Å². The Morgan fingerprint density at radius 3 is 1.85 bits per heavy atom. The van der Waals surface area contributed by atoms with E-state index in [0.717, 1.165) is 30.0 Å². The molecule has 0 unspecified atom stereocenters. The molecule has 2 rings (SSSR count). The number of aliphatic imine (C=N–C) groups is 1. The van der Waals surface area contributed by atoms with Crippen molar-refractivity contribution in [1.29, 1.82) is 0 Å². The zero-order valence-electron chi connectivity index (χ0n) is 20.6. The number of nitrogens with zero attached hydrogens (tertiary/aromatic N) is 1. The van der Waals surface area contributed by atoms with E-state index in [-0.39, 0.29) is 5.97 Å². The highest BCUT2D eigenvalue weighted by molar-refractivity contribution is 5.90. The Kier molecular flexibility index (Phi) is 13.7. The first kappa shape index (κ1) is 26.6. The second-order valence-corrected chi connectivity index (χ2v) is 8.60. The van der Waals surface area contributed by atoms with Gasteiger partial charge in [0.1, 0.15) is 5.75 Å². The number of carbonyl (C=O) groups is 1. The van der Waals surface area contributed by atoms with Crippen LogP contribution in [0.1, 0.15) is 99.9 Å². The number of hydrogen-bond donors (Lipinski definition) is 0. The molecule has 0 atom stereocenters. The summed E-state index contributed by atoms with van der Waals surface area (Å²) in [6.45, 7) is 3.05. The van der Waals surface area contributed by atoms with Crippen LogP contribution in [-0.4, -0.2) is 25.9 Å². The molecule has 4 nitrogen and oxygen atoms in total. The normalized spacial score (nSPS) is 11.1. The number of rotatable bonds is 17. The zero-order chi connectivity index (χ0) is 23.6. The average Bonchev–Trinajstić information content (AvgIpc) is 2.86. The maximum atomic E-state index is 11.5. The minimum absolute atomic E-state index is 0.343. The molecule has 180 valence electrons. The summed E-state index contributed by atoms with van der Waals surface area (Å²) in [6.07, 6.45) is 18.0. The van der Waals surface area contributed by atoms with Gasteiger partial charge in [-0.15, -0.1) is 0 Å². The Labute approximate surface area is 200 Å². The van der Waals surface area contributed by atoms with E-state index < -0.39 is 0 Å². The van der Waals surface area contributed by atoms with Gasteiger partial charge in [0.05, 0.1) is 25.0 Å². The number of benzene rings is 2. The van der Waals surface area contributed by atoms with Gasteiger partial charge in [-0.3, -0.25) is 4.99 Å². The highest BCUT2D eigenvalue weighted by Gasteiger charge is 2.03. The average molecular weight is 452 g/mol. The largest absolute Gasteiger partial charge is 0.494 e. The van der Waals surface area contributed by atoms with Crippen LogP contribution in [0.2, 0.25) is 0 Å². The molecule has 0 aliphatic rings. The van der Waals surface area contributed by atoms with E-state index >= 15 is 0 Å². The number of unbranched alkanes of at least 4 members (excludes halogenated alkanes) is 11. The highest BCUT2D eigenvalue weighted by atomic mass is 16.5. The molecule has 0 saturated heterocycles. The van der Waals surface area contributed by atoms with Crippen molar-refractivity contribution in [3.8, 4) is 5.75 Å². The minimum Gasteiger partial charge on any atom is -0.494 e. The second kappa shape index (κ2) is 16.9. The Morgan fingerprint density at radius 2 is 1.30 bits per heavy atom. The van der Waals surface area contributed by atoms with Gasteiger partial charge in [-0.1, -0.05) is 77.6 Å². The fourth-order valence-corrected chi connectivity index (χ4v) is 3.73. The predicted molar refractivity (Wildman–Crippen MR) is 138 cm³/mol. The van der Waals surface area contributed by atoms with Crippen molar-refractivity contribution >= 4 is 17.9 Å². The molecule has 0 radical (unpaired) electrons. The van der Waals surface area contributed by atoms with Gasteiger partial charge in [0, 0.05) is 6.21 Å². The summed E-state index contributed by atoms with van der Waals surface area (Å²) in [6, 6.07) is 15.0. The van der Waals surface area contributed by atoms with Crippen molar-refractivity contribution in [2.45, 2.75) is 84.0 Å². The third-order valence-corrected chi connectivity index (χ3v) is 5.80. The molecule has 0 bridgehead atoms. The second-order valence-electron chi connectivity index (χ2n) is 8.60. The molecular formula is C29H41NO3. The number of hydrogen-bond acceptors (Lipinski definition) is 4. The third-order valence-electron chi connectivity index (χ3n) is 5.80. The standard InChI is InChI=1S/C29H41NO3/c1-3-4-5-6-7-8-9-10-11-12-13-14-23-33-28-21-15-25(16-22-28)24-30-27-19-17-26(18-20-27)29(31)32-2/h15-22,24H,3-14,23H2,1-2H3. The molecule has 33 heavy (non-hydrogen) atoms. The van der Waals surface area contributed by atoms with Crippen molar-refractivity contribution in [2.24, 2.45) is 4.99 Å². The monoisotopic (exact) mass is 451 g/mol. The number of ether oxygens (including phenoxy) is 2. The van der Waals surface area contributed by atoms with Crippen LogP contribution in [0, 0.1) is 0 Å². The van der Waals surface area contributed by atoms with Crippen LogP contribution in [0.4, 0.5) is 5.69 Å². The molecule has 0 heterocycles. The van der Waals surface area contributed by atoms with E-state index in [0.29, 0.717) is 5.56 Å². The summed E-state index contributed by atoms with van der Waals surface area (Å²) in [5, 5.41) is 0. The topological polar surface area (TPSA) is 47.9 Å². The molecule has 2 aromatic carbocycles. The third kappa shape index (κ3) is 11.7. The van der Waals surface area contributed by atoms with E-state index in [1.54, 1.807) is 24.3 Å². The van der Waals surface area contributed by atoms with Gasteiger partial charge in [0.25, 0.3) is 0 Å². The van der Waals surface area contributed by atoms with Gasteiger partial charge in [-0.25, -0.2) is 4.79 Å². The Hall–Kier alpha value is -2.62. The van der Waals surface area contributed by atoms with E-state index in [4.69, 9.17) is 9.47 Å². The molecule has 0 aliphatic heterocycles. The number of esters is 1. The molecular weight excluding hydrogens is 410 g/mol. The highest BCUT2D eigenvalue weighted by Crippen LogP contribution is 2.16. The van der Waals surface area contributed by atoms with Crippen LogP contribution >= 0.6 is 0 Å². The minimum atomic E-state index is -0.343. The fraction of sp³-hybridized carbons (Fsp3) is 0.517.